The molecule has 0 spiro atoms. The molecule has 0 radical (unpaired) electrons. The lowest BCUT2D eigenvalue weighted by atomic mass is 10.2. The molecule has 0 saturated carbocycles. The van der Waals surface area contributed by atoms with Crippen LogP contribution in [0.4, 0.5) is 0 Å². The fourth-order valence-corrected chi connectivity index (χ4v) is 2.64. The van der Waals surface area contributed by atoms with Gasteiger partial charge in [0.25, 0.3) is 0 Å². The number of tetrazole rings is 1. The van der Waals surface area contributed by atoms with E-state index < -0.39 is 0 Å². The Balaban J connectivity index is 1.73. The maximum atomic E-state index is 5.17. The van der Waals surface area contributed by atoms with Gasteiger partial charge < -0.3 is 4.52 Å². The third-order valence-corrected chi connectivity index (χ3v) is 3.91. The summed E-state index contributed by atoms with van der Waals surface area (Å²) in [5, 5.41) is 16.4. The lowest BCUT2D eigenvalue weighted by molar-refractivity contribution is 0.376. The summed E-state index contributed by atoms with van der Waals surface area (Å²) in [4.78, 5) is 4.23. The molecule has 108 valence electrons. The van der Waals surface area contributed by atoms with E-state index in [1.807, 2.05) is 37.3 Å². The summed E-state index contributed by atoms with van der Waals surface area (Å²) in [5.41, 5.74) is 1.15. The fraction of sp³-hybridized carbons (Fsp3) is 0.308. The molecule has 3 aromatic rings. The topological polar surface area (TPSA) is 82.5 Å². The molecule has 1 unspecified atom stereocenters. The third kappa shape index (κ3) is 3.27. The first kappa shape index (κ1) is 13.7. The van der Waals surface area contributed by atoms with Gasteiger partial charge in [-0.3, -0.25) is 0 Å². The van der Waals surface area contributed by atoms with E-state index in [1.54, 1.807) is 11.6 Å². The molecule has 2 aromatic heterocycles. The van der Waals surface area contributed by atoms with Crippen molar-refractivity contribution in [3.63, 3.8) is 0 Å². The zero-order valence-electron chi connectivity index (χ0n) is 11.7. The molecule has 0 bridgehead atoms. The maximum Gasteiger partial charge on any atom is 0.239 e. The van der Waals surface area contributed by atoms with Gasteiger partial charge in [-0.25, -0.2) is 4.68 Å². The minimum Gasteiger partial charge on any atom is -0.338 e. The number of aromatic nitrogens is 6. The van der Waals surface area contributed by atoms with Gasteiger partial charge in [0.1, 0.15) is 0 Å². The van der Waals surface area contributed by atoms with Crippen LogP contribution in [0.2, 0.25) is 0 Å². The maximum absolute atomic E-state index is 5.17. The molecule has 21 heavy (non-hydrogen) atoms. The molecule has 0 amide bonds. The number of aryl methyl sites for hydroxylation is 1. The second kappa shape index (κ2) is 6.04. The van der Waals surface area contributed by atoms with Crippen LogP contribution in [0.25, 0.3) is 0 Å². The van der Waals surface area contributed by atoms with Crippen molar-refractivity contribution in [2.45, 2.75) is 30.8 Å². The number of rotatable bonds is 5. The van der Waals surface area contributed by atoms with Gasteiger partial charge in [0, 0.05) is 0 Å². The van der Waals surface area contributed by atoms with Crippen LogP contribution in [-0.2, 0) is 6.54 Å². The predicted molar refractivity (Wildman–Crippen MR) is 76.7 cm³/mol. The average molecular weight is 302 g/mol. The van der Waals surface area contributed by atoms with E-state index in [9.17, 15) is 0 Å². The first-order chi connectivity index (χ1) is 10.2. The highest BCUT2D eigenvalue weighted by molar-refractivity contribution is 7.99. The zero-order valence-corrected chi connectivity index (χ0v) is 12.5. The molecule has 7 nitrogen and oxygen atoms in total. The average Bonchev–Trinajstić information content (AvgIpc) is 3.10. The number of benzene rings is 1. The Labute approximate surface area is 125 Å². The van der Waals surface area contributed by atoms with Gasteiger partial charge in [-0.2, -0.15) is 4.98 Å². The lowest BCUT2D eigenvalue weighted by Gasteiger charge is -2.07. The smallest absolute Gasteiger partial charge is 0.239 e. The molecule has 0 aliphatic rings. The third-order valence-electron chi connectivity index (χ3n) is 2.85. The molecule has 0 aliphatic heterocycles. The van der Waals surface area contributed by atoms with Crippen molar-refractivity contribution >= 4 is 11.8 Å². The number of hydrogen-bond acceptors (Lipinski definition) is 7. The van der Waals surface area contributed by atoms with Crippen LogP contribution in [0.15, 0.2) is 40.0 Å². The molecule has 2 heterocycles. The Morgan fingerprint density at radius 3 is 2.81 bits per heavy atom. The predicted octanol–water partition coefficient (Wildman–Crippen LogP) is 2.27. The van der Waals surface area contributed by atoms with Gasteiger partial charge in [0.2, 0.25) is 11.0 Å². The molecule has 0 aliphatic carbocycles. The summed E-state index contributed by atoms with van der Waals surface area (Å²) < 4.78 is 6.94. The van der Waals surface area contributed by atoms with E-state index in [-0.39, 0.29) is 5.25 Å². The van der Waals surface area contributed by atoms with Crippen molar-refractivity contribution in [3.05, 3.63) is 47.6 Å². The standard InChI is InChI=1S/C13H14N6OS/c1-9(12-14-10(2)16-20-12)21-13-15-17-18-19(13)8-11-6-4-3-5-7-11/h3-7,9H,8H2,1-2H3. The van der Waals surface area contributed by atoms with E-state index in [4.69, 9.17) is 4.52 Å². The highest BCUT2D eigenvalue weighted by Crippen LogP contribution is 2.32. The Bertz CT molecular complexity index is 710. The van der Waals surface area contributed by atoms with Crippen LogP contribution in [0.1, 0.15) is 29.5 Å². The number of nitrogens with zero attached hydrogens (tertiary/aromatic N) is 6. The molecule has 0 N–H and O–H groups in total. The second-order valence-electron chi connectivity index (χ2n) is 4.54. The Morgan fingerprint density at radius 2 is 2.10 bits per heavy atom. The van der Waals surface area contributed by atoms with E-state index >= 15 is 0 Å². The van der Waals surface area contributed by atoms with Crippen LogP contribution < -0.4 is 0 Å². The largest absolute Gasteiger partial charge is 0.338 e. The lowest BCUT2D eigenvalue weighted by Crippen LogP contribution is -2.04. The van der Waals surface area contributed by atoms with Gasteiger partial charge >= 0.3 is 0 Å². The number of thioether (sulfide) groups is 1. The van der Waals surface area contributed by atoms with E-state index in [1.165, 1.54) is 11.8 Å². The first-order valence-electron chi connectivity index (χ1n) is 6.49. The summed E-state index contributed by atoms with van der Waals surface area (Å²) in [6.07, 6.45) is 0. The fourth-order valence-electron chi connectivity index (χ4n) is 1.82. The van der Waals surface area contributed by atoms with Crippen LogP contribution >= 0.6 is 11.8 Å². The summed E-state index contributed by atoms with van der Waals surface area (Å²) >= 11 is 1.49. The van der Waals surface area contributed by atoms with Gasteiger partial charge in [-0.1, -0.05) is 47.3 Å². The quantitative estimate of drug-likeness (QED) is 0.668. The SMILES string of the molecule is Cc1noc(C(C)Sc2nnnn2Cc2ccccc2)n1. The van der Waals surface area contributed by atoms with Crippen LogP contribution in [0, 0.1) is 6.92 Å². The highest BCUT2D eigenvalue weighted by Gasteiger charge is 2.18. The monoisotopic (exact) mass is 302 g/mol. The molecule has 1 aromatic carbocycles. The minimum absolute atomic E-state index is 0.00766. The van der Waals surface area contributed by atoms with Crippen LogP contribution in [-0.4, -0.2) is 30.3 Å². The van der Waals surface area contributed by atoms with E-state index in [0.29, 0.717) is 18.3 Å². The normalized spacial score (nSPS) is 12.5. The van der Waals surface area contributed by atoms with Crippen molar-refractivity contribution < 1.29 is 4.52 Å². The molecule has 1 atom stereocenters. The zero-order chi connectivity index (χ0) is 14.7. The highest BCUT2D eigenvalue weighted by atomic mass is 32.2. The molecular formula is C13H14N6OS. The second-order valence-corrected chi connectivity index (χ2v) is 5.85. The molecule has 0 fully saturated rings. The van der Waals surface area contributed by atoms with Crippen LogP contribution in [0.5, 0.6) is 0 Å². The van der Waals surface area contributed by atoms with Crippen molar-refractivity contribution in [1.29, 1.82) is 0 Å². The van der Waals surface area contributed by atoms with Crippen molar-refractivity contribution in [3.8, 4) is 0 Å². The molecular weight excluding hydrogens is 288 g/mol. The molecule has 3 rings (SSSR count). The van der Waals surface area contributed by atoms with Gasteiger partial charge in [-0.15, -0.1) is 5.10 Å². The number of hydrogen-bond donors (Lipinski definition) is 0. The van der Waals surface area contributed by atoms with Crippen molar-refractivity contribution in [2.24, 2.45) is 0 Å². The van der Waals surface area contributed by atoms with Gasteiger partial charge in [0.05, 0.1) is 11.8 Å². The van der Waals surface area contributed by atoms with Crippen LogP contribution in [0.3, 0.4) is 0 Å². The van der Waals surface area contributed by atoms with E-state index in [2.05, 4.69) is 25.7 Å². The van der Waals surface area contributed by atoms with Gasteiger partial charge in [-0.05, 0) is 29.8 Å². The summed E-state index contributed by atoms with van der Waals surface area (Å²) in [6.45, 7) is 4.41. The Morgan fingerprint density at radius 1 is 1.29 bits per heavy atom. The molecule has 8 heteroatoms. The van der Waals surface area contributed by atoms with Crippen molar-refractivity contribution in [2.75, 3.05) is 0 Å². The Kier molecular flexibility index (Phi) is 3.96. The minimum atomic E-state index is -0.00766. The van der Waals surface area contributed by atoms with Crippen molar-refractivity contribution in [1.82, 2.24) is 30.3 Å². The van der Waals surface area contributed by atoms with E-state index in [0.717, 1.165) is 10.7 Å². The summed E-state index contributed by atoms with van der Waals surface area (Å²) in [7, 11) is 0. The molecule has 0 saturated heterocycles. The summed E-state index contributed by atoms with van der Waals surface area (Å²) in [6, 6.07) is 10.1. The van der Waals surface area contributed by atoms with Gasteiger partial charge in [0.15, 0.2) is 5.82 Å². The Hall–Kier alpha value is -2.22. The summed E-state index contributed by atoms with van der Waals surface area (Å²) in [5.74, 6) is 1.20. The first-order valence-corrected chi connectivity index (χ1v) is 7.37.